The molecule has 0 amide bonds. The fourth-order valence-corrected chi connectivity index (χ4v) is 6.15. The molecule has 192 valence electrons. The molecule has 8 rings (SSSR count). The van der Waals surface area contributed by atoms with Gasteiger partial charge in [0, 0.05) is 17.1 Å². The number of fused-ring (bicyclic) bond motifs is 6. The van der Waals surface area contributed by atoms with E-state index in [0.29, 0.717) is 0 Å². The quantitative estimate of drug-likeness (QED) is 0.208. The summed E-state index contributed by atoms with van der Waals surface area (Å²) in [6, 6.07) is 59.3. The number of benzene rings is 8. The second-order valence-corrected chi connectivity index (χ2v) is 10.6. The van der Waals surface area contributed by atoms with Crippen molar-refractivity contribution in [2.75, 3.05) is 4.90 Å². The number of hydrogen-bond acceptors (Lipinski definition) is 1. The number of nitrogens with zero attached hydrogens (tertiary/aromatic N) is 1. The highest BCUT2D eigenvalue weighted by Crippen LogP contribution is 2.39. The maximum Gasteiger partial charge on any atom is 0.0468 e. The van der Waals surface area contributed by atoms with Crippen molar-refractivity contribution >= 4 is 60.2 Å². The standard InChI is InChI=1S/C40H27N/c1-2-11-34(12-3-1)41(35-20-16-29(17-21-35)32-15-14-28-8-4-5-10-31(28)26-32)36-22-25-38-33(27-36)19-24-39-37-13-7-6-9-30(37)18-23-40(38)39/h1-27H. The van der Waals surface area contributed by atoms with Gasteiger partial charge < -0.3 is 4.90 Å². The zero-order valence-electron chi connectivity index (χ0n) is 22.5. The van der Waals surface area contributed by atoms with Gasteiger partial charge in [-0.2, -0.15) is 0 Å². The summed E-state index contributed by atoms with van der Waals surface area (Å²) in [5.41, 5.74) is 5.85. The summed E-state index contributed by atoms with van der Waals surface area (Å²) in [5.74, 6) is 0. The minimum absolute atomic E-state index is 1.13. The Kier molecular flexibility index (Phi) is 5.53. The molecule has 8 aromatic rings. The van der Waals surface area contributed by atoms with Crippen molar-refractivity contribution in [2.24, 2.45) is 0 Å². The molecule has 1 heteroatoms. The van der Waals surface area contributed by atoms with Crippen LogP contribution in [-0.4, -0.2) is 0 Å². The molecule has 41 heavy (non-hydrogen) atoms. The molecular formula is C40H27N. The second-order valence-electron chi connectivity index (χ2n) is 10.6. The van der Waals surface area contributed by atoms with Crippen molar-refractivity contribution in [1.82, 2.24) is 0 Å². The average Bonchev–Trinajstić information content (AvgIpc) is 3.05. The Morgan fingerprint density at radius 3 is 1.61 bits per heavy atom. The zero-order chi connectivity index (χ0) is 27.2. The lowest BCUT2D eigenvalue weighted by atomic mass is 9.96. The highest BCUT2D eigenvalue weighted by atomic mass is 15.1. The third-order valence-electron chi connectivity index (χ3n) is 8.21. The van der Waals surface area contributed by atoms with E-state index in [9.17, 15) is 0 Å². The van der Waals surface area contributed by atoms with E-state index >= 15 is 0 Å². The topological polar surface area (TPSA) is 3.24 Å². The molecule has 8 aromatic carbocycles. The first-order valence-electron chi connectivity index (χ1n) is 14.1. The van der Waals surface area contributed by atoms with Crippen LogP contribution in [0.25, 0.3) is 54.2 Å². The molecular weight excluding hydrogens is 494 g/mol. The SMILES string of the molecule is c1ccc(N(c2ccc(-c3ccc4ccccc4c3)cc2)c2ccc3c(ccc4c5ccccc5ccc34)c2)cc1. The monoisotopic (exact) mass is 521 g/mol. The van der Waals surface area contributed by atoms with E-state index in [-0.39, 0.29) is 0 Å². The molecule has 0 aliphatic rings. The van der Waals surface area contributed by atoms with Crippen molar-refractivity contribution < 1.29 is 0 Å². The fraction of sp³-hybridized carbons (Fsp3) is 0. The highest BCUT2D eigenvalue weighted by Gasteiger charge is 2.14. The van der Waals surface area contributed by atoms with Gasteiger partial charge in [-0.05, 0) is 96.7 Å². The lowest BCUT2D eigenvalue weighted by Gasteiger charge is -2.26. The van der Waals surface area contributed by atoms with Crippen LogP contribution < -0.4 is 4.90 Å². The Bertz CT molecular complexity index is 2190. The molecule has 0 bridgehead atoms. The molecule has 0 unspecified atom stereocenters. The van der Waals surface area contributed by atoms with Crippen molar-refractivity contribution in [2.45, 2.75) is 0 Å². The van der Waals surface area contributed by atoms with Crippen molar-refractivity contribution in [3.05, 3.63) is 164 Å². The molecule has 0 radical (unpaired) electrons. The van der Waals surface area contributed by atoms with E-state index in [4.69, 9.17) is 0 Å². The fourth-order valence-electron chi connectivity index (χ4n) is 6.15. The molecule has 0 spiro atoms. The Hall–Kier alpha value is -5.40. The molecule has 0 saturated carbocycles. The highest BCUT2D eigenvalue weighted by molar-refractivity contribution is 6.17. The minimum atomic E-state index is 1.13. The predicted octanol–water partition coefficient (Wildman–Crippen LogP) is 11.4. The largest absolute Gasteiger partial charge is 0.310 e. The number of anilines is 3. The molecule has 0 atom stereocenters. The summed E-state index contributed by atoms with van der Waals surface area (Å²) in [7, 11) is 0. The van der Waals surface area contributed by atoms with Crippen LogP contribution in [0.2, 0.25) is 0 Å². The number of rotatable bonds is 4. The van der Waals surface area contributed by atoms with Crippen LogP contribution >= 0.6 is 0 Å². The lowest BCUT2D eigenvalue weighted by Crippen LogP contribution is -2.09. The van der Waals surface area contributed by atoms with Gasteiger partial charge in [0.2, 0.25) is 0 Å². The minimum Gasteiger partial charge on any atom is -0.310 e. The third-order valence-corrected chi connectivity index (χ3v) is 8.21. The molecule has 0 fully saturated rings. The summed E-state index contributed by atoms with van der Waals surface area (Å²) >= 11 is 0. The summed E-state index contributed by atoms with van der Waals surface area (Å²) in [4.78, 5) is 2.34. The lowest BCUT2D eigenvalue weighted by molar-refractivity contribution is 1.29. The summed E-state index contributed by atoms with van der Waals surface area (Å²) < 4.78 is 0. The van der Waals surface area contributed by atoms with Gasteiger partial charge in [-0.1, -0.05) is 121 Å². The molecule has 1 nitrogen and oxygen atoms in total. The van der Waals surface area contributed by atoms with E-state index in [0.717, 1.165) is 17.1 Å². The molecule has 0 aliphatic carbocycles. The zero-order valence-corrected chi connectivity index (χ0v) is 22.5. The first kappa shape index (κ1) is 23.5. The maximum absolute atomic E-state index is 2.34. The van der Waals surface area contributed by atoms with Gasteiger partial charge in [-0.25, -0.2) is 0 Å². The Balaban J connectivity index is 1.23. The first-order chi connectivity index (χ1) is 20.3. The molecule has 0 aliphatic heterocycles. The number of para-hydroxylation sites is 1. The summed E-state index contributed by atoms with van der Waals surface area (Å²) in [5, 5.41) is 10.2. The van der Waals surface area contributed by atoms with Crippen molar-refractivity contribution in [3.8, 4) is 11.1 Å². The van der Waals surface area contributed by atoms with Crippen LogP contribution in [0, 0.1) is 0 Å². The Morgan fingerprint density at radius 2 is 0.805 bits per heavy atom. The van der Waals surface area contributed by atoms with Crippen LogP contribution in [0.3, 0.4) is 0 Å². The van der Waals surface area contributed by atoms with Gasteiger partial charge in [-0.15, -0.1) is 0 Å². The van der Waals surface area contributed by atoms with Crippen LogP contribution in [0.15, 0.2) is 164 Å². The van der Waals surface area contributed by atoms with Gasteiger partial charge in [-0.3, -0.25) is 0 Å². The van der Waals surface area contributed by atoms with Gasteiger partial charge in [0.1, 0.15) is 0 Å². The average molecular weight is 522 g/mol. The van der Waals surface area contributed by atoms with Crippen LogP contribution in [-0.2, 0) is 0 Å². The Labute approximate surface area is 239 Å². The summed E-state index contributed by atoms with van der Waals surface area (Å²) in [6.07, 6.45) is 0. The third kappa shape index (κ3) is 4.11. The first-order valence-corrected chi connectivity index (χ1v) is 14.1. The van der Waals surface area contributed by atoms with E-state index in [1.807, 2.05) is 0 Å². The summed E-state index contributed by atoms with van der Waals surface area (Å²) in [6.45, 7) is 0. The van der Waals surface area contributed by atoms with Crippen LogP contribution in [0.4, 0.5) is 17.1 Å². The predicted molar refractivity (Wildman–Crippen MR) is 177 cm³/mol. The van der Waals surface area contributed by atoms with E-state index < -0.39 is 0 Å². The van der Waals surface area contributed by atoms with Gasteiger partial charge in [0.25, 0.3) is 0 Å². The van der Waals surface area contributed by atoms with Gasteiger partial charge in [0.05, 0.1) is 0 Å². The van der Waals surface area contributed by atoms with Crippen LogP contribution in [0.1, 0.15) is 0 Å². The van der Waals surface area contributed by atoms with E-state index in [1.54, 1.807) is 0 Å². The van der Waals surface area contributed by atoms with Gasteiger partial charge in [0.15, 0.2) is 0 Å². The smallest absolute Gasteiger partial charge is 0.0468 e. The molecule has 0 N–H and O–H groups in total. The Morgan fingerprint density at radius 1 is 0.268 bits per heavy atom. The van der Waals surface area contributed by atoms with Gasteiger partial charge >= 0.3 is 0 Å². The maximum atomic E-state index is 2.34. The number of hydrogen-bond donors (Lipinski definition) is 0. The second kappa shape index (κ2) is 9.66. The van der Waals surface area contributed by atoms with Crippen molar-refractivity contribution in [1.29, 1.82) is 0 Å². The molecule has 0 heterocycles. The van der Waals surface area contributed by atoms with E-state index in [2.05, 4.69) is 169 Å². The molecule has 0 aromatic heterocycles. The molecule has 0 saturated heterocycles. The van der Waals surface area contributed by atoms with E-state index in [1.165, 1.54) is 54.2 Å². The van der Waals surface area contributed by atoms with Crippen molar-refractivity contribution in [3.63, 3.8) is 0 Å². The normalized spacial score (nSPS) is 11.4. The van der Waals surface area contributed by atoms with Crippen LogP contribution in [0.5, 0.6) is 0 Å².